The van der Waals surface area contributed by atoms with Gasteiger partial charge in [0.15, 0.2) is 0 Å². The molecule has 1 N–H and O–H groups in total. The Morgan fingerprint density at radius 3 is 2.74 bits per heavy atom. The highest BCUT2D eigenvalue weighted by Crippen LogP contribution is 2.24. The number of hydrogen-bond donors (Lipinski definition) is 1. The standard InChI is InChI=1S/C14H13BrFN3/c1-9-10(5-12(7-17)19(9)2)8-18-14-4-3-11(16)6-13(14)15/h3-6,18H,8H2,1-2H3. The summed E-state index contributed by atoms with van der Waals surface area (Å²) in [5, 5.41) is 12.2. The number of anilines is 1. The van der Waals surface area contributed by atoms with Crippen LogP contribution in [0.15, 0.2) is 28.7 Å². The van der Waals surface area contributed by atoms with Crippen molar-refractivity contribution in [3.05, 3.63) is 51.5 Å². The number of nitriles is 1. The first kappa shape index (κ1) is 13.6. The molecular formula is C14H13BrFN3. The molecule has 0 unspecified atom stereocenters. The van der Waals surface area contributed by atoms with E-state index in [0.29, 0.717) is 16.7 Å². The summed E-state index contributed by atoms with van der Waals surface area (Å²) in [6.45, 7) is 2.56. The smallest absolute Gasteiger partial charge is 0.124 e. The third kappa shape index (κ3) is 2.79. The van der Waals surface area contributed by atoms with Gasteiger partial charge in [0.25, 0.3) is 0 Å². The molecule has 0 spiro atoms. The van der Waals surface area contributed by atoms with Crippen LogP contribution in [0.5, 0.6) is 0 Å². The number of benzene rings is 1. The molecule has 98 valence electrons. The molecule has 0 atom stereocenters. The van der Waals surface area contributed by atoms with Crippen LogP contribution in [0.2, 0.25) is 0 Å². The lowest BCUT2D eigenvalue weighted by Gasteiger charge is -2.08. The van der Waals surface area contributed by atoms with Crippen LogP contribution in [0.25, 0.3) is 0 Å². The summed E-state index contributed by atoms with van der Waals surface area (Å²) >= 11 is 3.31. The van der Waals surface area contributed by atoms with Gasteiger partial charge in [0.1, 0.15) is 17.6 Å². The Kier molecular flexibility index (Phi) is 3.91. The van der Waals surface area contributed by atoms with E-state index in [2.05, 4.69) is 27.3 Å². The van der Waals surface area contributed by atoms with Crippen LogP contribution in [0.4, 0.5) is 10.1 Å². The second-order valence-electron chi connectivity index (χ2n) is 4.29. The van der Waals surface area contributed by atoms with Crippen LogP contribution < -0.4 is 5.32 Å². The molecule has 0 aliphatic carbocycles. The number of nitrogens with one attached hydrogen (secondary N) is 1. The van der Waals surface area contributed by atoms with Crippen LogP contribution >= 0.6 is 15.9 Å². The monoisotopic (exact) mass is 321 g/mol. The fourth-order valence-electron chi connectivity index (χ4n) is 1.87. The van der Waals surface area contributed by atoms with Crippen LogP contribution in [0, 0.1) is 24.1 Å². The van der Waals surface area contributed by atoms with Crippen molar-refractivity contribution in [2.75, 3.05) is 5.32 Å². The molecule has 2 rings (SSSR count). The van der Waals surface area contributed by atoms with Crippen molar-refractivity contribution >= 4 is 21.6 Å². The molecule has 0 saturated heterocycles. The van der Waals surface area contributed by atoms with Crippen molar-refractivity contribution in [3.63, 3.8) is 0 Å². The molecule has 0 amide bonds. The molecule has 2 aromatic rings. The highest BCUT2D eigenvalue weighted by Gasteiger charge is 2.09. The van der Waals surface area contributed by atoms with Crippen LogP contribution in [-0.2, 0) is 13.6 Å². The van der Waals surface area contributed by atoms with E-state index >= 15 is 0 Å². The number of nitrogens with zero attached hydrogens (tertiary/aromatic N) is 2. The van der Waals surface area contributed by atoms with Crippen LogP contribution in [0.1, 0.15) is 17.0 Å². The predicted octanol–water partition coefficient (Wildman–Crippen LogP) is 3.72. The Balaban J connectivity index is 2.17. The summed E-state index contributed by atoms with van der Waals surface area (Å²) in [4.78, 5) is 0. The van der Waals surface area contributed by atoms with E-state index in [0.717, 1.165) is 16.9 Å². The highest BCUT2D eigenvalue weighted by molar-refractivity contribution is 9.10. The zero-order valence-electron chi connectivity index (χ0n) is 10.7. The predicted molar refractivity (Wildman–Crippen MR) is 76.3 cm³/mol. The van der Waals surface area contributed by atoms with Crippen molar-refractivity contribution in [2.24, 2.45) is 7.05 Å². The van der Waals surface area contributed by atoms with Gasteiger partial charge in [0.2, 0.25) is 0 Å². The largest absolute Gasteiger partial charge is 0.380 e. The Morgan fingerprint density at radius 2 is 2.16 bits per heavy atom. The van der Waals surface area contributed by atoms with Crippen molar-refractivity contribution in [3.8, 4) is 6.07 Å². The Labute approximate surface area is 119 Å². The molecule has 5 heteroatoms. The summed E-state index contributed by atoms with van der Waals surface area (Å²) in [7, 11) is 1.87. The number of hydrogen-bond acceptors (Lipinski definition) is 2. The minimum absolute atomic E-state index is 0.278. The summed E-state index contributed by atoms with van der Waals surface area (Å²) in [6, 6.07) is 8.52. The number of rotatable bonds is 3. The van der Waals surface area contributed by atoms with Crippen molar-refractivity contribution in [2.45, 2.75) is 13.5 Å². The van der Waals surface area contributed by atoms with Gasteiger partial charge >= 0.3 is 0 Å². The maximum Gasteiger partial charge on any atom is 0.124 e. The van der Waals surface area contributed by atoms with E-state index in [-0.39, 0.29) is 5.82 Å². The zero-order valence-corrected chi connectivity index (χ0v) is 12.3. The lowest BCUT2D eigenvalue weighted by atomic mass is 10.2. The molecule has 1 heterocycles. The lowest BCUT2D eigenvalue weighted by Crippen LogP contribution is -2.02. The SMILES string of the molecule is Cc1c(CNc2ccc(F)cc2Br)cc(C#N)n1C. The third-order valence-corrected chi connectivity index (χ3v) is 3.81. The zero-order chi connectivity index (χ0) is 14.0. The molecule has 0 fully saturated rings. The molecule has 0 bridgehead atoms. The fourth-order valence-corrected chi connectivity index (χ4v) is 2.36. The maximum absolute atomic E-state index is 13.0. The van der Waals surface area contributed by atoms with Crippen molar-refractivity contribution in [1.82, 2.24) is 4.57 Å². The maximum atomic E-state index is 13.0. The van der Waals surface area contributed by atoms with Crippen molar-refractivity contribution < 1.29 is 4.39 Å². The first-order chi connectivity index (χ1) is 9.02. The van der Waals surface area contributed by atoms with Gasteiger partial charge in [-0.3, -0.25) is 0 Å². The van der Waals surface area contributed by atoms with Gasteiger partial charge in [-0.05, 0) is 52.7 Å². The van der Waals surface area contributed by atoms with Gasteiger partial charge in [-0.2, -0.15) is 5.26 Å². The molecule has 1 aromatic heterocycles. The molecule has 3 nitrogen and oxygen atoms in total. The summed E-state index contributed by atoms with van der Waals surface area (Å²) < 4.78 is 15.5. The minimum atomic E-state index is -0.278. The lowest BCUT2D eigenvalue weighted by molar-refractivity contribution is 0.627. The van der Waals surface area contributed by atoms with E-state index in [1.165, 1.54) is 12.1 Å². The number of aromatic nitrogens is 1. The Bertz CT molecular complexity index is 655. The van der Waals surface area contributed by atoms with E-state index in [4.69, 9.17) is 5.26 Å². The highest BCUT2D eigenvalue weighted by atomic mass is 79.9. The molecule has 0 aliphatic rings. The molecule has 0 aliphatic heterocycles. The molecule has 0 saturated carbocycles. The Morgan fingerprint density at radius 1 is 1.42 bits per heavy atom. The van der Waals surface area contributed by atoms with Crippen LogP contribution in [-0.4, -0.2) is 4.57 Å². The van der Waals surface area contributed by atoms with Gasteiger partial charge in [0, 0.05) is 29.4 Å². The minimum Gasteiger partial charge on any atom is -0.380 e. The first-order valence-electron chi connectivity index (χ1n) is 5.77. The van der Waals surface area contributed by atoms with E-state index in [1.807, 2.05) is 24.6 Å². The van der Waals surface area contributed by atoms with Crippen LogP contribution in [0.3, 0.4) is 0 Å². The molecular weight excluding hydrogens is 309 g/mol. The molecule has 19 heavy (non-hydrogen) atoms. The van der Waals surface area contributed by atoms with Gasteiger partial charge in [-0.25, -0.2) is 4.39 Å². The first-order valence-corrected chi connectivity index (χ1v) is 6.56. The second kappa shape index (κ2) is 5.45. The topological polar surface area (TPSA) is 40.8 Å². The average molecular weight is 322 g/mol. The third-order valence-electron chi connectivity index (χ3n) is 3.16. The summed E-state index contributed by atoms with van der Waals surface area (Å²) in [5.74, 6) is -0.278. The number of halogens is 2. The van der Waals surface area contributed by atoms with Gasteiger partial charge in [0.05, 0.1) is 0 Å². The fraction of sp³-hybridized carbons (Fsp3) is 0.214. The van der Waals surface area contributed by atoms with E-state index in [9.17, 15) is 4.39 Å². The quantitative estimate of drug-likeness (QED) is 0.936. The second-order valence-corrected chi connectivity index (χ2v) is 5.14. The Hall–Kier alpha value is -1.80. The van der Waals surface area contributed by atoms with E-state index in [1.54, 1.807) is 6.07 Å². The summed E-state index contributed by atoms with van der Waals surface area (Å²) in [6.07, 6.45) is 0. The average Bonchev–Trinajstić information content (AvgIpc) is 2.65. The molecule has 0 radical (unpaired) electrons. The van der Waals surface area contributed by atoms with Gasteiger partial charge in [-0.1, -0.05) is 0 Å². The van der Waals surface area contributed by atoms with Gasteiger partial charge < -0.3 is 9.88 Å². The molecule has 1 aromatic carbocycles. The summed E-state index contributed by atoms with van der Waals surface area (Å²) in [5.41, 5.74) is 3.55. The van der Waals surface area contributed by atoms with Gasteiger partial charge in [-0.15, -0.1) is 0 Å². The van der Waals surface area contributed by atoms with Crippen molar-refractivity contribution in [1.29, 1.82) is 5.26 Å². The normalized spacial score (nSPS) is 10.3. The van der Waals surface area contributed by atoms with E-state index < -0.39 is 0 Å².